The molecule has 2 aromatic rings. The molecule has 0 spiro atoms. The molecule has 0 radical (unpaired) electrons. The number of benzene rings is 2. The fraction of sp³-hybridized carbons (Fsp3) is 0.150. The van der Waals surface area contributed by atoms with Gasteiger partial charge >= 0.3 is 168 Å². The molecule has 0 bridgehead atoms. The first-order chi connectivity index (χ1) is 12.4. The monoisotopic (exact) mass is 544 g/mol. The van der Waals surface area contributed by atoms with Crippen molar-refractivity contribution in [3.8, 4) is 6.07 Å². The molecule has 0 amide bonds. The van der Waals surface area contributed by atoms with Gasteiger partial charge in [-0.3, -0.25) is 0 Å². The van der Waals surface area contributed by atoms with Crippen molar-refractivity contribution in [2.45, 2.75) is 20.5 Å². The van der Waals surface area contributed by atoms with Crippen molar-refractivity contribution in [1.29, 1.82) is 5.26 Å². The van der Waals surface area contributed by atoms with E-state index < -0.39 is 5.82 Å². The maximum absolute atomic E-state index is 14.2. The number of halogens is 2. The molecule has 2 aromatic carbocycles. The summed E-state index contributed by atoms with van der Waals surface area (Å²) in [5.74, 6) is -0.371. The average Bonchev–Trinajstić information content (AvgIpc) is 2.61. The van der Waals surface area contributed by atoms with Gasteiger partial charge in [-0.15, -0.1) is 0 Å². The van der Waals surface area contributed by atoms with Crippen molar-refractivity contribution in [3.63, 3.8) is 0 Å². The Kier molecular flexibility index (Phi) is 6.92. The van der Waals surface area contributed by atoms with Gasteiger partial charge in [0.15, 0.2) is 0 Å². The summed E-state index contributed by atoms with van der Waals surface area (Å²) < 4.78 is 34.5. The Labute approximate surface area is 167 Å². The van der Waals surface area contributed by atoms with Gasteiger partial charge in [-0.2, -0.15) is 0 Å². The molecule has 0 aliphatic carbocycles. The second-order valence-electron chi connectivity index (χ2n) is 5.62. The number of rotatable bonds is 5. The number of hydrogen-bond acceptors (Lipinski definition) is 3. The van der Waals surface area contributed by atoms with Crippen molar-refractivity contribution < 1.29 is 13.5 Å². The second kappa shape index (κ2) is 8.94. The summed E-state index contributed by atoms with van der Waals surface area (Å²) in [5, 5.41) is 9.39. The van der Waals surface area contributed by atoms with Crippen LogP contribution in [0.3, 0.4) is 0 Å². The molecule has 0 saturated carbocycles. The number of nitrogens with zero attached hydrogens (tertiary/aromatic N) is 1. The van der Waals surface area contributed by atoms with E-state index >= 15 is 0 Å². The topological polar surface area (TPSA) is 59.0 Å². The number of ether oxygens (including phenoxy) is 1. The quantitative estimate of drug-likeness (QED) is 0.357. The molecule has 0 aromatic heterocycles. The molecule has 6 heteroatoms. The second-order valence-corrected chi connectivity index (χ2v) is 8.04. The van der Waals surface area contributed by atoms with Gasteiger partial charge in [0.05, 0.1) is 0 Å². The van der Waals surface area contributed by atoms with Gasteiger partial charge in [0, 0.05) is 0 Å². The summed E-state index contributed by atoms with van der Waals surface area (Å²) in [7, 11) is 0. The van der Waals surface area contributed by atoms with Gasteiger partial charge in [-0.1, -0.05) is 0 Å². The molecule has 0 aliphatic rings. The minimum atomic E-state index is -0.465. The predicted octanol–water partition coefficient (Wildman–Crippen LogP) is 3.55. The first-order valence-corrected chi connectivity index (χ1v) is 10.1. The van der Waals surface area contributed by atoms with Gasteiger partial charge in [0.2, 0.25) is 0 Å². The van der Waals surface area contributed by atoms with Crippen molar-refractivity contribution >= 4 is 40.2 Å². The van der Waals surface area contributed by atoms with Gasteiger partial charge in [0.1, 0.15) is 0 Å². The molecule has 0 atom stereocenters. The van der Waals surface area contributed by atoms with Crippen molar-refractivity contribution in [1.82, 2.24) is 0 Å². The zero-order valence-corrected chi connectivity index (χ0v) is 19.0. The molecule has 0 fully saturated rings. The summed E-state index contributed by atoms with van der Waals surface area (Å²) in [6.45, 7) is 3.35. The van der Waals surface area contributed by atoms with Gasteiger partial charge in [-0.25, -0.2) is 0 Å². The summed E-state index contributed by atoms with van der Waals surface area (Å²) in [5.41, 5.74) is 7.67. The molecule has 26 heavy (non-hydrogen) atoms. The molecular formula is C20H17F2N2OTl. The number of nitriles is 1. The van der Waals surface area contributed by atoms with E-state index in [0.717, 1.165) is 0 Å². The predicted molar refractivity (Wildman–Crippen MR) is 99.0 cm³/mol. The van der Waals surface area contributed by atoms with Gasteiger partial charge in [-0.05, 0) is 0 Å². The molecular weight excluding hydrogens is 527 g/mol. The van der Waals surface area contributed by atoms with Crippen LogP contribution in [0.25, 0.3) is 11.3 Å². The van der Waals surface area contributed by atoms with E-state index in [0.29, 0.717) is 57.0 Å². The van der Waals surface area contributed by atoms with E-state index in [2.05, 4.69) is 0 Å². The number of allylic oxidation sites excluding steroid dienone is 3. The molecule has 0 heterocycles. The van der Waals surface area contributed by atoms with E-state index in [9.17, 15) is 14.0 Å². The number of hydrogen-bond donors (Lipinski definition) is 1. The van der Waals surface area contributed by atoms with E-state index in [1.54, 1.807) is 38.1 Å². The third-order valence-electron chi connectivity index (χ3n) is 3.78. The molecule has 0 aliphatic heterocycles. The zero-order chi connectivity index (χ0) is 19.3. The van der Waals surface area contributed by atoms with Crippen molar-refractivity contribution in [2.24, 2.45) is 5.73 Å². The Morgan fingerprint density at radius 1 is 1.27 bits per heavy atom. The normalized spacial score (nSPS) is 12.3. The summed E-state index contributed by atoms with van der Waals surface area (Å²) in [4.78, 5) is 0. The molecule has 3 nitrogen and oxygen atoms in total. The van der Waals surface area contributed by atoms with Gasteiger partial charge in [0.25, 0.3) is 0 Å². The molecule has 130 valence electrons. The van der Waals surface area contributed by atoms with E-state index in [4.69, 9.17) is 10.5 Å². The van der Waals surface area contributed by atoms with Crippen LogP contribution in [-0.4, -0.2) is 25.8 Å². The zero-order valence-electron chi connectivity index (χ0n) is 14.5. The Balaban J connectivity index is 2.42. The Hall–Kier alpha value is -2.21. The first-order valence-electron chi connectivity index (χ1n) is 7.87. The van der Waals surface area contributed by atoms with Crippen LogP contribution in [0.2, 0.25) is 0 Å². The average molecular weight is 544 g/mol. The summed E-state index contributed by atoms with van der Waals surface area (Å²) >= 11 is 0.381. The Morgan fingerprint density at radius 3 is 2.62 bits per heavy atom. The van der Waals surface area contributed by atoms with E-state index in [1.807, 2.05) is 6.07 Å². The number of nitrogens with two attached hydrogens (primary N) is 1. The third-order valence-corrected chi connectivity index (χ3v) is 5.51. The van der Waals surface area contributed by atoms with Crippen molar-refractivity contribution in [3.05, 3.63) is 76.5 Å². The fourth-order valence-electron chi connectivity index (χ4n) is 2.48. The van der Waals surface area contributed by atoms with Crippen LogP contribution >= 0.6 is 0 Å². The molecule has 2 N–H and O–H groups in total. The standard InChI is InChI=1S/C20H17F2N2O.Tl/c1-3-20(25-12-14-6-4-5-7-19(14)22)17-10-15(21)8-9-16(17)18(11-23)13(2)24;/h3-6,8-10H,12,24H2,1-2H3;/b18-13+,20-3+;. The maximum atomic E-state index is 14.2. The first kappa shape index (κ1) is 20.1. The van der Waals surface area contributed by atoms with Crippen LogP contribution in [0.15, 0.2) is 48.2 Å². The third kappa shape index (κ3) is 4.49. The van der Waals surface area contributed by atoms with Crippen molar-refractivity contribution in [2.75, 3.05) is 0 Å². The van der Waals surface area contributed by atoms with Crippen LogP contribution < -0.4 is 8.86 Å². The molecule has 0 unspecified atom stereocenters. The van der Waals surface area contributed by atoms with Crippen LogP contribution in [0.5, 0.6) is 0 Å². The Morgan fingerprint density at radius 2 is 2.00 bits per heavy atom. The SMILES string of the molecule is C/C=C(/OCc1ccc[c]([Tl])c1F)c1cc(F)ccc1/C(C#N)=C(\C)N. The Bertz CT molecular complexity index is 926. The summed E-state index contributed by atoms with van der Waals surface area (Å²) in [6, 6.07) is 11.3. The van der Waals surface area contributed by atoms with Crippen LogP contribution in [0.1, 0.15) is 30.5 Å². The summed E-state index contributed by atoms with van der Waals surface area (Å²) in [6.07, 6.45) is 1.66. The van der Waals surface area contributed by atoms with E-state index in [1.165, 1.54) is 18.2 Å². The van der Waals surface area contributed by atoms with Crippen LogP contribution in [0, 0.1) is 23.0 Å². The molecule has 0 saturated heterocycles. The van der Waals surface area contributed by atoms with E-state index in [-0.39, 0.29) is 18.0 Å². The van der Waals surface area contributed by atoms with Crippen LogP contribution in [-0.2, 0) is 11.3 Å². The van der Waals surface area contributed by atoms with Crippen LogP contribution in [0.4, 0.5) is 8.78 Å². The molecule has 2 rings (SSSR count). The fourth-order valence-corrected chi connectivity index (χ4v) is 3.64. The van der Waals surface area contributed by atoms with Gasteiger partial charge < -0.3 is 0 Å². The minimum absolute atomic E-state index is 0.00916.